The molecular weight excluding hydrogens is 348 g/mol. The van der Waals surface area contributed by atoms with Gasteiger partial charge in [0.2, 0.25) is 0 Å². The van der Waals surface area contributed by atoms with E-state index >= 15 is 0 Å². The summed E-state index contributed by atoms with van der Waals surface area (Å²) in [4.78, 5) is 57.7. The van der Waals surface area contributed by atoms with Crippen LogP contribution in [0.3, 0.4) is 0 Å². The number of amides is 2. The highest BCUT2D eigenvalue weighted by Gasteiger charge is 2.38. The topological polar surface area (TPSA) is 161 Å². The van der Waals surface area contributed by atoms with Crippen LogP contribution in [0.25, 0.3) is 0 Å². The van der Waals surface area contributed by atoms with Crippen molar-refractivity contribution >= 4 is 35.1 Å². The molecule has 3 rings (SSSR count). The Morgan fingerprint density at radius 3 is 1.88 bits per heavy atom. The van der Waals surface area contributed by atoms with Gasteiger partial charge in [-0.05, 0) is 35.4 Å². The van der Waals surface area contributed by atoms with E-state index in [0.29, 0.717) is 4.90 Å². The second-order valence-electron chi connectivity index (χ2n) is 5.28. The summed E-state index contributed by atoms with van der Waals surface area (Å²) in [7, 11) is 0. The van der Waals surface area contributed by atoms with Crippen molar-refractivity contribution in [3.63, 3.8) is 0 Å². The first-order valence-corrected chi connectivity index (χ1v) is 6.95. The van der Waals surface area contributed by atoms with Gasteiger partial charge in [-0.1, -0.05) is 0 Å². The molecule has 1 heterocycles. The predicted octanol–water partition coefficient (Wildman–Crippen LogP) is -0.878. The maximum Gasteiger partial charge on any atom is 0.270 e. The number of rotatable bonds is 4. The molecule has 130 valence electrons. The van der Waals surface area contributed by atoms with Crippen molar-refractivity contribution in [2.45, 2.75) is 0 Å². The summed E-state index contributed by atoms with van der Waals surface area (Å²) in [5.74, 6) is -5.27. The van der Waals surface area contributed by atoms with Crippen molar-refractivity contribution < 1.29 is 34.3 Å². The Hall–Kier alpha value is -4.08. The van der Waals surface area contributed by atoms with Crippen molar-refractivity contribution in [2.75, 3.05) is 4.90 Å². The standard InChI is InChI=1S/C16H8N2O8/c19-13-11-2-1-9(18(25)26)6-12(11)14(20)17(13)10-4-7(15(21)22)3-8(5-10)16(23)24/h1-6H,(H,21,22)(H,23,24)/p-2. The quantitative estimate of drug-likeness (QED) is 0.388. The fourth-order valence-electron chi connectivity index (χ4n) is 2.55. The summed E-state index contributed by atoms with van der Waals surface area (Å²) in [6.07, 6.45) is 0. The summed E-state index contributed by atoms with van der Waals surface area (Å²) in [5.41, 5.74) is -2.29. The Balaban J connectivity index is 2.15. The van der Waals surface area contributed by atoms with Crippen LogP contribution in [0.15, 0.2) is 36.4 Å². The number of carbonyl (C=O) groups is 4. The molecule has 0 bridgehead atoms. The second kappa shape index (κ2) is 5.77. The molecular formula is C16H6N2O8-2. The van der Waals surface area contributed by atoms with Gasteiger partial charge in [0, 0.05) is 12.1 Å². The first-order valence-electron chi connectivity index (χ1n) is 6.95. The number of carboxylic acids is 2. The van der Waals surface area contributed by atoms with Gasteiger partial charge in [0.05, 0.1) is 33.7 Å². The van der Waals surface area contributed by atoms with Crippen molar-refractivity contribution in [1.82, 2.24) is 0 Å². The number of hydrogen-bond acceptors (Lipinski definition) is 8. The number of non-ortho nitro benzene ring substituents is 1. The molecule has 0 N–H and O–H groups in total. The molecule has 0 saturated heterocycles. The smallest absolute Gasteiger partial charge is 0.270 e. The molecule has 26 heavy (non-hydrogen) atoms. The van der Waals surface area contributed by atoms with Crippen LogP contribution < -0.4 is 15.1 Å². The van der Waals surface area contributed by atoms with Crippen molar-refractivity contribution in [1.29, 1.82) is 0 Å². The number of carbonyl (C=O) groups excluding carboxylic acids is 4. The first-order chi connectivity index (χ1) is 12.2. The van der Waals surface area contributed by atoms with Crippen LogP contribution in [0.5, 0.6) is 0 Å². The summed E-state index contributed by atoms with van der Waals surface area (Å²) < 4.78 is 0. The third-order valence-electron chi connectivity index (χ3n) is 3.73. The SMILES string of the molecule is O=C([O-])c1cc(C(=O)[O-])cc(N2C(=O)c3ccc([N+](=O)[O-])cc3C2=O)c1. The fraction of sp³-hybridized carbons (Fsp3) is 0. The molecule has 10 heteroatoms. The van der Waals surface area contributed by atoms with Gasteiger partial charge in [0.15, 0.2) is 0 Å². The van der Waals surface area contributed by atoms with E-state index < -0.39 is 45.5 Å². The van der Waals surface area contributed by atoms with E-state index in [4.69, 9.17) is 0 Å². The summed E-state index contributed by atoms with van der Waals surface area (Å²) in [6, 6.07) is 5.58. The van der Waals surface area contributed by atoms with Crippen molar-refractivity contribution in [3.05, 3.63) is 68.8 Å². The van der Waals surface area contributed by atoms with Crippen molar-refractivity contribution in [3.8, 4) is 0 Å². The Bertz CT molecular complexity index is 995. The predicted molar refractivity (Wildman–Crippen MR) is 79.3 cm³/mol. The van der Waals surface area contributed by atoms with Crippen LogP contribution >= 0.6 is 0 Å². The van der Waals surface area contributed by atoms with E-state index in [1.54, 1.807) is 0 Å². The highest BCUT2D eigenvalue weighted by atomic mass is 16.6. The van der Waals surface area contributed by atoms with Gasteiger partial charge in [-0.3, -0.25) is 19.7 Å². The van der Waals surface area contributed by atoms with Crippen LogP contribution in [0.2, 0.25) is 0 Å². The lowest BCUT2D eigenvalue weighted by Gasteiger charge is -2.17. The van der Waals surface area contributed by atoms with E-state index in [1.807, 2.05) is 0 Å². The molecule has 0 fully saturated rings. The lowest BCUT2D eigenvalue weighted by molar-refractivity contribution is -0.384. The first kappa shape index (κ1) is 16.8. The van der Waals surface area contributed by atoms with Gasteiger partial charge in [0.1, 0.15) is 0 Å². The zero-order valence-corrected chi connectivity index (χ0v) is 12.6. The van der Waals surface area contributed by atoms with Gasteiger partial charge in [-0.15, -0.1) is 0 Å². The minimum atomic E-state index is -1.72. The van der Waals surface area contributed by atoms with Gasteiger partial charge in [-0.25, -0.2) is 4.90 Å². The molecule has 2 aromatic carbocycles. The number of aromatic carboxylic acids is 2. The Labute approximate surface area is 144 Å². The minimum Gasteiger partial charge on any atom is -0.545 e. The van der Waals surface area contributed by atoms with E-state index in [-0.39, 0.29) is 16.8 Å². The normalized spacial score (nSPS) is 12.8. The lowest BCUT2D eigenvalue weighted by atomic mass is 10.1. The molecule has 0 atom stereocenters. The van der Waals surface area contributed by atoms with Crippen LogP contribution in [0, 0.1) is 10.1 Å². The van der Waals surface area contributed by atoms with E-state index in [1.165, 1.54) is 0 Å². The largest absolute Gasteiger partial charge is 0.545 e. The molecule has 0 spiro atoms. The minimum absolute atomic E-state index is 0.130. The number of nitro benzene ring substituents is 1. The molecule has 1 aliphatic heterocycles. The van der Waals surface area contributed by atoms with Crippen LogP contribution in [-0.4, -0.2) is 28.7 Å². The van der Waals surface area contributed by atoms with E-state index in [2.05, 4.69) is 0 Å². The highest BCUT2D eigenvalue weighted by molar-refractivity contribution is 6.34. The van der Waals surface area contributed by atoms with Gasteiger partial charge in [0.25, 0.3) is 17.5 Å². The third kappa shape index (κ3) is 2.55. The molecule has 0 saturated carbocycles. The second-order valence-corrected chi connectivity index (χ2v) is 5.28. The molecule has 10 nitrogen and oxygen atoms in total. The zero-order valence-electron chi connectivity index (χ0n) is 12.6. The number of fused-ring (bicyclic) bond motifs is 1. The molecule has 0 unspecified atom stereocenters. The molecule has 0 radical (unpaired) electrons. The third-order valence-corrected chi connectivity index (χ3v) is 3.73. The number of hydrogen-bond donors (Lipinski definition) is 0. The van der Waals surface area contributed by atoms with Crippen molar-refractivity contribution in [2.24, 2.45) is 0 Å². The van der Waals surface area contributed by atoms with Gasteiger partial charge in [-0.2, -0.15) is 0 Å². The number of nitrogens with zero attached hydrogens (tertiary/aromatic N) is 2. The fourth-order valence-corrected chi connectivity index (χ4v) is 2.55. The Morgan fingerprint density at radius 2 is 1.38 bits per heavy atom. The van der Waals surface area contributed by atoms with Gasteiger partial charge >= 0.3 is 0 Å². The van der Waals surface area contributed by atoms with Crippen LogP contribution in [0.4, 0.5) is 11.4 Å². The molecule has 2 aromatic rings. The molecule has 0 aliphatic carbocycles. The maximum atomic E-state index is 12.5. The molecule has 2 amide bonds. The number of imide groups is 1. The summed E-state index contributed by atoms with van der Waals surface area (Å²) >= 11 is 0. The number of carboxylic acid groups (broad SMARTS) is 2. The van der Waals surface area contributed by atoms with Crippen LogP contribution in [0.1, 0.15) is 41.4 Å². The Kier molecular flexibility index (Phi) is 3.72. The Morgan fingerprint density at radius 1 is 0.846 bits per heavy atom. The lowest BCUT2D eigenvalue weighted by Crippen LogP contribution is -2.31. The molecule has 0 aromatic heterocycles. The number of anilines is 1. The average molecular weight is 354 g/mol. The number of benzene rings is 2. The zero-order chi connectivity index (χ0) is 19.2. The van der Waals surface area contributed by atoms with E-state index in [9.17, 15) is 39.5 Å². The summed E-state index contributed by atoms with van der Waals surface area (Å²) in [6.45, 7) is 0. The number of nitro groups is 1. The summed E-state index contributed by atoms with van der Waals surface area (Å²) in [5, 5.41) is 32.9. The van der Waals surface area contributed by atoms with Crippen LogP contribution in [-0.2, 0) is 0 Å². The monoisotopic (exact) mass is 354 g/mol. The average Bonchev–Trinajstić information content (AvgIpc) is 2.84. The molecule has 1 aliphatic rings. The van der Waals surface area contributed by atoms with Gasteiger partial charge < -0.3 is 19.8 Å². The van der Waals surface area contributed by atoms with E-state index in [0.717, 1.165) is 36.4 Å². The highest BCUT2D eigenvalue weighted by Crippen LogP contribution is 2.31. The maximum absolute atomic E-state index is 12.5.